The van der Waals surface area contributed by atoms with Crippen LogP contribution in [0.1, 0.15) is 18.1 Å². The molecule has 2 rings (SSSR count). The molecule has 6 nitrogen and oxygen atoms in total. The van der Waals surface area contributed by atoms with Crippen LogP contribution in [0.25, 0.3) is 0 Å². The maximum atomic E-state index is 12.9. The molecule has 26 heavy (non-hydrogen) atoms. The molecule has 1 aromatic carbocycles. The lowest BCUT2D eigenvalue weighted by atomic mass is 10.2. The fraction of sp³-hybridized carbons (Fsp3) is 0.312. The minimum atomic E-state index is -4.63. The smallest absolute Gasteiger partial charge is 0.417 e. The molecule has 0 bridgehead atoms. The van der Waals surface area contributed by atoms with Crippen molar-refractivity contribution >= 4 is 23.3 Å². The zero-order valence-corrected chi connectivity index (χ0v) is 15.1. The van der Waals surface area contributed by atoms with Crippen molar-refractivity contribution in [3.63, 3.8) is 0 Å². The number of nitrogens with zero attached hydrogens (tertiary/aromatic N) is 3. The van der Waals surface area contributed by atoms with Gasteiger partial charge in [0.05, 0.1) is 16.1 Å². The number of alkyl halides is 3. The lowest BCUT2D eigenvalue weighted by molar-refractivity contribution is -0.137. The van der Waals surface area contributed by atoms with Crippen LogP contribution in [0.5, 0.6) is 5.75 Å². The van der Waals surface area contributed by atoms with E-state index in [4.69, 9.17) is 16.3 Å². The third kappa shape index (κ3) is 3.82. The van der Waals surface area contributed by atoms with Gasteiger partial charge in [0.25, 0.3) is 5.56 Å². The van der Waals surface area contributed by atoms with Crippen LogP contribution in [0.4, 0.5) is 19.0 Å². The molecular weight excluding hydrogens is 375 g/mol. The molecule has 140 valence electrons. The van der Waals surface area contributed by atoms with Crippen molar-refractivity contribution in [2.75, 3.05) is 0 Å². The summed E-state index contributed by atoms with van der Waals surface area (Å²) in [5.41, 5.74) is -1.95. The minimum Gasteiger partial charge on any atom is -0.443 e. The molecule has 0 fully saturated rings. The summed E-state index contributed by atoms with van der Waals surface area (Å²) < 4.78 is 46.1. The molecule has 0 unspecified atom stereocenters. The van der Waals surface area contributed by atoms with Crippen LogP contribution in [0.15, 0.2) is 32.8 Å². The highest BCUT2D eigenvalue weighted by Gasteiger charge is 2.33. The molecule has 10 heteroatoms. The molecular formula is C16H15ClF3N3O3. The summed E-state index contributed by atoms with van der Waals surface area (Å²) in [6, 6.07) is 3.07. The molecule has 0 aliphatic carbocycles. The Kier molecular flexibility index (Phi) is 5.31. The van der Waals surface area contributed by atoms with E-state index in [-0.39, 0.29) is 23.0 Å². The van der Waals surface area contributed by atoms with Crippen LogP contribution in [0.2, 0.25) is 5.02 Å². The molecule has 1 aromatic heterocycles. The highest BCUT2D eigenvalue weighted by molar-refractivity contribution is 6.31. The molecule has 2 aromatic rings. The highest BCUT2D eigenvalue weighted by Crippen LogP contribution is 2.36. The van der Waals surface area contributed by atoms with Crippen LogP contribution in [-0.4, -0.2) is 15.0 Å². The molecule has 0 amide bonds. The van der Waals surface area contributed by atoms with E-state index in [1.165, 1.54) is 34.0 Å². The van der Waals surface area contributed by atoms with Crippen molar-refractivity contribution < 1.29 is 17.9 Å². The summed E-state index contributed by atoms with van der Waals surface area (Å²) in [5.74, 6) is -0.123. The second-order valence-corrected chi connectivity index (χ2v) is 5.93. The highest BCUT2D eigenvalue weighted by atomic mass is 35.5. The Bertz CT molecular complexity index is 970. The Morgan fingerprint density at radius 1 is 1.19 bits per heavy atom. The standard InChI is InChI=1S/C16H15ClF3N3O3/c1-8-13(22(3)15(25)23(4)14(8)24)21-9(2)26-10-5-6-12(17)11(7-10)16(18,19)20/h5-7H,1-4H3/b21-9+. The van der Waals surface area contributed by atoms with E-state index in [0.717, 1.165) is 21.3 Å². The number of hydrogen-bond donors (Lipinski definition) is 0. The van der Waals surface area contributed by atoms with E-state index in [9.17, 15) is 22.8 Å². The van der Waals surface area contributed by atoms with Gasteiger partial charge in [0.1, 0.15) is 11.6 Å². The van der Waals surface area contributed by atoms with Crippen LogP contribution in [0.3, 0.4) is 0 Å². The summed E-state index contributed by atoms with van der Waals surface area (Å²) >= 11 is 5.56. The van der Waals surface area contributed by atoms with Gasteiger partial charge in [0, 0.05) is 21.0 Å². The van der Waals surface area contributed by atoms with Crippen molar-refractivity contribution in [3.8, 4) is 5.75 Å². The molecule has 0 aliphatic rings. The zero-order valence-electron chi connectivity index (χ0n) is 14.3. The molecule has 0 radical (unpaired) electrons. The van der Waals surface area contributed by atoms with Crippen molar-refractivity contribution in [2.24, 2.45) is 19.1 Å². The van der Waals surface area contributed by atoms with E-state index >= 15 is 0 Å². The average molecular weight is 390 g/mol. The van der Waals surface area contributed by atoms with Crippen LogP contribution >= 0.6 is 11.6 Å². The number of aromatic nitrogens is 2. The van der Waals surface area contributed by atoms with Gasteiger partial charge >= 0.3 is 11.9 Å². The van der Waals surface area contributed by atoms with Gasteiger partial charge in [-0.3, -0.25) is 13.9 Å². The monoisotopic (exact) mass is 389 g/mol. The maximum absolute atomic E-state index is 12.9. The van der Waals surface area contributed by atoms with Crippen LogP contribution in [-0.2, 0) is 20.3 Å². The van der Waals surface area contributed by atoms with E-state index in [2.05, 4.69) is 4.99 Å². The second-order valence-electron chi connectivity index (χ2n) is 5.53. The first-order valence-corrected chi connectivity index (χ1v) is 7.67. The van der Waals surface area contributed by atoms with E-state index in [1.54, 1.807) is 0 Å². The summed E-state index contributed by atoms with van der Waals surface area (Å²) in [5, 5.41) is -0.454. The van der Waals surface area contributed by atoms with Gasteiger partial charge in [0.2, 0.25) is 0 Å². The Morgan fingerprint density at radius 2 is 1.81 bits per heavy atom. The molecule has 0 spiro atoms. The second kappa shape index (κ2) is 6.99. The fourth-order valence-electron chi connectivity index (χ4n) is 2.29. The van der Waals surface area contributed by atoms with Crippen LogP contribution < -0.4 is 16.0 Å². The van der Waals surface area contributed by atoms with Gasteiger partial charge in [-0.25, -0.2) is 4.79 Å². The molecule has 0 N–H and O–H groups in total. The summed E-state index contributed by atoms with van der Waals surface area (Å²) in [6.45, 7) is 2.88. The predicted molar refractivity (Wildman–Crippen MR) is 91.5 cm³/mol. The van der Waals surface area contributed by atoms with Crippen molar-refractivity contribution in [1.29, 1.82) is 0 Å². The fourth-order valence-corrected chi connectivity index (χ4v) is 2.51. The number of hydrogen-bond acceptors (Lipinski definition) is 4. The van der Waals surface area contributed by atoms with Gasteiger partial charge in [-0.1, -0.05) is 11.6 Å². The largest absolute Gasteiger partial charge is 0.443 e. The number of halogens is 4. The first-order chi connectivity index (χ1) is 11.9. The molecule has 0 aliphatic heterocycles. The normalized spacial score (nSPS) is 12.4. The quantitative estimate of drug-likeness (QED) is 0.585. The van der Waals surface area contributed by atoms with Gasteiger partial charge in [-0.05, 0) is 25.1 Å². The van der Waals surface area contributed by atoms with Gasteiger partial charge in [-0.2, -0.15) is 18.2 Å². The van der Waals surface area contributed by atoms with Gasteiger partial charge in [0.15, 0.2) is 5.90 Å². The molecule has 1 heterocycles. The minimum absolute atomic E-state index is 0.0493. The van der Waals surface area contributed by atoms with Crippen molar-refractivity contribution in [3.05, 3.63) is 55.2 Å². The first-order valence-electron chi connectivity index (χ1n) is 7.30. The van der Waals surface area contributed by atoms with Gasteiger partial charge < -0.3 is 4.74 Å². The number of aliphatic imine (C=N–C) groups is 1. The van der Waals surface area contributed by atoms with E-state index in [1.807, 2.05) is 0 Å². The molecule has 0 saturated carbocycles. The topological polar surface area (TPSA) is 65.6 Å². The third-order valence-electron chi connectivity index (χ3n) is 3.62. The number of rotatable bonds is 2. The van der Waals surface area contributed by atoms with E-state index < -0.39 is 28.0 Å². The first kappa shape index (κ1) is 19.8. The van der Waals surface area contributed by atoms with Crippen LogP contribution in [0, 0.1) is 6.92 Å². The third-order valence-corrected chi connectivity index (χ3v) is 3.95. The summed E-state index contributed by atoms with van der Waals surface area (Å²) in [6.07, 6.45) is -4.63. The molecule has 0 saturated heterocycles. The Morgan fingerprint density at radius 3 is 2.38 bits per heavy atom. The average Bonchev–Trinajstić information content (AvgIpc) is 2.56. The zero-order chi connectivity index (χ0) is 19.8. The Hall–Kier alpha value is -2.55. The lowest BCUT2D eigenvalue weighted by Crippen LogP contribution is -2.38. The van der Waals surface area contributed by atoms with Crippen molar-refractivity contribution in [1.82, 2.24) is 9.13 Å². The summed E-state index contributed by atoms with van der Waals surface area (Å²) in [4.78, 5) is 28.0. The molecule has 0 atom stereocenters. The lowest BCUT2D eigenvalue weighted by Gasteiger charge is -2.13. The maximum Gasteiger partial charge on any atom is 0.417 e. The summed E-state index contributed by atoms with van der Waals surface area (Å²) in [7, 11) is 2.76. The van der Waals surface area contributed by atoms with Crippen molar-refractivity contribution in [2.45, 2.75) is 20.0 Å². The number of ether oxygens (including phenoxy) is 1. The SMILES string of the molecule is C/C(=N\c1c(C)c(=O)n(C)c(=O)n1C)Oc1ccc(Cl)c(C(F)(F)F)c1. The number of benzene rings is 1. The van der Waals surface area contributed by atoms with Gasteiger partial charge in [-0.15, -0.1) is 0 Å². The Labute approximate surface area is 151 Å². The van der Waals surface area contributed by atoms with E-state index in [0.29, 0.717) is 0 Å². The Balaban J connectivity index is 2.45. The predicted octanol–water partition coefficient (Wildman–Crippen LogP) is 3.19.